The van der Waals surface area contributed by atoms with Gasteiger partial charge in [0.15, 0.2) is 0 Å². The minimum atomic E-state index is -0.219. The predicted octanol–water partition coefficient (Wildman–Crippen LogP) is 1.48. The number of aryl methyl sites for hydroxylation is 1. The lowest BCUT2D eigenvalue weighted by molar-refractivity contribution is -0.125. The van der Waals surface area contributed by atoms with E-state index in [0.29, 0.717) is 11.3 Å². The summed E-state index contributed by atoms with van der Waals surface area (Å²) in [6.07, 6.45) is 0. The van der Waals surface area contributed by atoms with Crippen LogP contribution in [0.15, 0.2) is 18.2 Å². The van der Waals surface area contributed by atoms with Gasteiger partial charge in [-0.05, 0) is 30.0 Å². The van der Waals surface area contributed by atoms with Crippen LogP contribution >= 0.6 is 0 Å². The molecule has 1 aromatic rings. The fourth-order valence-corrected chi connectivity index (χ4v) is 3.25. The van der Waals surface area contributed by atoms with Crippen molar-refractivity contribution in [2.75, 3.05) is 11.5 Å². The molecule has 4 heteroatoms. The minimum Gasteiger partial charge on any atom is -0.384 e. The van der Waals surface area contributed by atoms with Crippen molar-refractivity contribution in [3.05, 3.63) is 29.3 Å². The number of hydrogen-bond acceptors (Lipinski definition) is 3. The molecule has 0 bridgehead atoms. The average molecular weight is 283 g/mol. The van der Waals surface area contributed by atoms with Gasteiger partial charge in [-0.25, -0.2) is 4.90 Å². The summed E-state index contributed by atoms with van der Waals surface area (Å²) in [5.41, 5.74) is 1.96. The van der Waals surface area contributed by atoms with Gasteiger partial charge in [-0.15, -0.1) is 0 Å². The van der Waals surface area contributed by atoms with Crippen LogP contribution in [0.5, 0.6) is 0 Å². The molecule has 1 N–H and O–H groups in total. The van der Waals surface area contributed by atoms with Crippen LogP contribution in [-0.4, -0.2) is 23.5 Å². The number of anilines is 1. The minimum absolute atomic E-state index is 0.106. The summed E-state index contributed by atoms with van der Waals surface area (Å²) < 4.78 is 0. The van der Waals surface area contributed by atoms with Crippen molar-refractivity contribution >= 4 is 17.5 Å². The fraction of sp³-hybridized carbons (Fsp3) is 0.412. The maximum absolute atomic E-state index is 12.5. The zero-order chi connectivity index (χ0) is 15.4. The van der Waals surface area contributed by atoms with E-state index in [1.54, 1.807) is 6.07 Å². The number of fused-ring (bicyclic) bond motifs is 1. The number of imide groups is 1. The first-order valence-electron chi connectivity index (χ1n) is 6.97. The van der Waals surface area contributed by atoms with Gasteiger partial charge >= 0.3 is 0 Å². The molecular weight excluding hydrogens is 266 g/mol. The first-order valence-corrected chi connectivity index (χ1v) is 6.97. The van der Waals surface area contributed by atoms with E-state index >= 15 is 0 Å². The Morgan fingerprint density at radius 1 is 1.24 bits per heavy atom. The Labute approximate surface area is 123 Å². The molecule has 1 aliphatic carbocycles. The third-order valence-corrected chi connectivity index (χ3v) is 4.56. The standard InChI is InChI=1S/C17H17NO3/c1-10-6-7-11(5-4-8-19)9-12(10)18-15(20)13-14(16(18)21)17(13,2)3/h6-7,9,13-14,19H,8H2,1-3H3. The monoisotopic (exact) mass is 283 g/mol. The summed E-state index contributed by atoms with van der Waals surface area (Å²) in [7, 11) is 0. The predicted molar refractivity (Wildman–Crippen MR) is 78.4 cm³/mol. The third kappa shape index (κ3) is 1.89. The van der Waals surface area contributed by atoms with Crippen LogP contribution in [0, 0.1) is 36.0 Å². The topological polar surface area (TPSA) is 57.6 Å². The third-order valence-electron chi connectivity index (χ3n) is 4.56. The van der Waals surface area contributed by atoms with Gasteiger partial charge in [0.25, 0.3) is 0 Å². The van der Waals surface area contributed by atoms with Crippen molar-refractivity contribution in [2.45, 2.75) is 20.8 Å². The first-order chi connectivity index (χ1) is 9.89. The quantitative estimate of drug-likeness (QED) is 0.627. The van der Waals surface area contributed by atoms with E-state index in [0.717, 1.165) is 5.56 Å². The summed E-state index contributed by atoms with van der Waals surface area (Å²) >= 11 is 0. The zero-order valence-corrected chi connectivity index (χ0v) is 12.3. The van der Waals surface area contributed by atoms with E-state index in [2.05, 4.69) is 11.8 Å². The van der Waals surface area contributed by atoms with E-state index in [1.165, 1.54) is 4.90 Å². The second-order valence-corrected chi connectivity index (χ2v) is 6.25. The lowest BCUT2D eigenvalue weighted by atomic mass is 10.0. The summed E-state index contributed by atoms with van der Waals surface area (Å²) in [5, 5.41) is 8.75. The molecule has 2 atom stereocenters. The van der Waals surface area contributed by atoms with Crippen LogP contribution in [0.1, 0.15) is 25.0 Å². The van der Waals surface area contributed by atoms with Crippen LogP contribution in [0.25, 0.3) is 0 Å². The summed E-state index contributed by atoms with van der Waals surface area (Å²) in [6, 6.07) is 5.40. The maximum atomic E-state index is 12.5. The van der Waals surface area contributed by atoms with Gasteiger partial charge < -0.3 is 5.11 Å². The molecule has 1 saturated carbocycles. The van der Waals surface area contributed by atoms with Crippen LogP contribution < -0.4 is 4.90 Å². The molecule has 4 nitrogen and oxygen atoms in total. The summed E-state index contributed by atoms with van der Waals surface area (Å²) in [6.45, 7) is 5.58. The highest BCUT2D eigenvalue weighted by Gasteiger charge is 2.72. The van der Waals surface area contributed by atoms with Crippen molar-refractivity contribution < 1.29 is 14.7 Å². The number of aliphatic hydroxyl groups is 1. The molecule has 0 spiro atoms. The Bertz CT molecular complexity index is 684. The molecule has 3 rings (SSSR count). The van der Waals surface area contributed by atoms with Gasteiger partial charge in [0.05, 0.1) is 17.5 Å². The highest BCUT2D eigenvalue weighted by Crippen LogP contribution is 2.63. The first kappa shape index (κ1) is 13.8. The highest BCUT2D eigenvalue weighted by molar-refractivity contribution is 6.26. The van der Waals surface area contributed by atoms with Gasteiger partial charge in [-0.2, -0.15) is 0 Å². The number of carbonyl (C=O) groups excluding carboxylic acids is 2. The molecule has 1 aliphatic heterocycles. The molecule has 1 saturated heterocycles. The van der Waals surface area contributed by atoms with Crippen molar-refractivity contribution in [1.82, 2.24) is 0 Å². The number of rotatable bonds is 1. The zero-order valence-electron chi connectivity index (χ0n) is 12.3. The van der Waals surface area contributed by atoms with E-state index in [-0.39, 0.29) is 35.7 Å². The molecule has 0 aromatic heterocycles. The van der Waals surface area contributed by atoms with Crippen LogP contribution in [0.3, 0.4) is 0 Å². The summed E-state index contributed by atoms with van der Waals surface area (Å²) in [4.78, 5) is 26.3. The largest absolute Gasteiger partial charge is 0.384 e. The average Bonchev–Trinajstić information content (AvgIpc) is 2.89. The molecule has 108 valence electrons. The second-order valence-electron chi connectivity index (χ2n) is 6.25. The number of aliphatic hydroxyl groups excluding tert-OH is 1. The Morgan fingerprint density at radius 2 is 1.86 bits per heavy atom. The number of hydrogen-bond donors (Lipinski definition) is 1. The van der Waals surface area contributed by atoms with Gasteiger partial charge in [0.1, 0.15) is 6.61 Å². The Kier molecular flexibility index (Phi) is 2.93. The molecule has 21 heavy (non-hydrogen) atoms. The van der Waals surface area contributed by atoms with Gasteiger partial charge in [0.2, 0.25) is 11.8 Å². The Hall–Kier alpha value is -2.12. The van der Waals surface area contributed by atoms with Gasteiger partial charge in [0, 0.05) is 5.56 Å². The molecule has 2 fully saturated rings. The number of carbonyl (C=O) groups is 2. The lowest BCUT2D eigenvalue weighted by Gasteiger charge is -2.22. The van der Waals surface area contributed by atoms with Crippen LogP contribution in [0.2, 0.25) is 0 Å². The lowest BCUT2D eigenvalue weighted by Crippen LogP contribution is -2.36. The summed E-state index contributed by atoms with van der Waals surface area (Å²) in [5.74, 6) is 4.80. The number of amides is 2. The molecular formula is C17H17NO3. The van der Waals surface area contributed by atoms with Crippen molar-refractivity contribution in [1.29, 1.82) is 0 Å². The molecule has 0 radical (unpaired) electrons. The Morgan fingerprint density at radius 3 is 2.43 bits per heavy atom. The van der Waals surface area contributed by atoms with Gasteiger partial charge in [-0.3, -0.25) is 9.59 Å². The van der Waals surface area contributed by atoms with Crippen molar-refractivity contribution in [2.24, 2.45) is 17.3 Å². The molecule has 2 unspecified atom stereocenters. The molecule has 2 aliphatic rings. The smallest absolute Gasteiger partial charge is 0.238 e. The Balaban J connectivity index is 1.99. The van der Waals surface area contributed by atoms with E-state index in [1.807, 2.05) is 32.9 Å². The SMILES string of the molecule is Cc1ccc(C#CCO)cc1N1C(=O)C2C(C1=O)C2(C)C. The maximum Gasteiger partial charge on any atom is 0.238 e. The van der Waals surface area contributed by atoms with E-state index in [9.17, 15) is 9.59 Å². The van der Waals surface area contributed by atoms with E-state index in [4.69, 9.17) is 5.11 Å². The second kappa shape index (κ2) is 4.44. The fourth-order valence-electron chi connectivity index (χ4n) is 3.25. The van der Waals surface area contributed by atoms with Gasteiger partial charge in [-0.1, -0.05) is 31.8 Å². The molecule has 1 aromatic carbocycles. The van der Waals surface area contributed by atoms with E-state index < -0.39 is 0 Å². The molecule has 1 heterocycles. The van der Waals surface area contributed by atoms with Crippen LogP contribution in [0.4, 0.5) is 5.69 Å². The molecule has 2 amide bonds. The number of nitrogens with zero attached hydrogens (tertiary/aromatic N) is 1. The number of piperidine rings is 1. The highest BCUT2D eigenvalue weighted by atomic mass is 16.2. The van der Waals surface area contributed by atoms with Crippen molar-refractivity contribution in [3.63, 3.8) is 0 Å². The van der Waals surface area contributed by atoms with Crippen molar-refractivity contribution in [3.8, 4) is 11.8 Å². The van der Waals surface area contributed by atoms with Crippen LogP contribution in [-0.2, 0) is 9.59 Å². The number of benzene rings is 1. The normalized spacial score (nSPS) is 25.4.